The number of hydrogen-bond donors (Lipinski definition) is 1. The van der Waals surface area contributed by atoms with Crippen molar-refractivity contribution in [3.8, 4) is 0 Å². The SMILES string of the molecule is C[C@@H]1CC[C@H]2C=C(Sc3ccccc3)[C@@]12CO. The highest BCUT2D eigenvalue weighted by Gasteiger charge is 2.55. The van der Waals surface area contributed by atoms with Crippen molar-refractivity contribution < 1.29 is 5.11 Å². The lowest BCUT2D eigenvalue weighted by molar-refractivity contribution is 0.0890. The summed E-state index contributed by atoms with van der Waals surface area (Å²) < 4.78 is 0. The molecule has 3 rings (SSSR count). The summed E-state index contributed by atoms with van der Waals surface area (Å²) in [7, 11) is 0. The molecule has 1 aromatic carbocycles. The fraction of sp³-hybridized carbons (Fsp3) is 0.467. The van der Waals surface area contributed by atoms with Gasteiger partial charge < -0.3 is 5.11 Å². The fourth-order valence-corrected chi connectivity index (χ4v) is 4.69. The van der Waals surface area contributed by atoms with E-state index >= 15 is 0 Å². The zero-order chi connectivity index (χ0) is 11.9. The zero-order valence-corrected chi connectivity index (χ0v) is 10.9. The van der Waals surface area contributed by atoms with Gasteiger partial charge in [0.05, 0.1) is 6.61 Å². The number of rotatable bonds is 3. The number of thioether (sulfide) groups is 1. The molecule has 2 aliphatic carbocycles. The van der Waals surface area contributed by atoms with Crippen molar-refractivity contribution >= 4 is 11.8 Å². The summed E-state index contributed by atoms with van der Waals surface area (Å²) in [6, 6.07) is 10.5. The van der Waals surface area contributed by atoms with Gasteiger partial charge in [-0.05, 0) is 41.7 Å². The lowest BCUT2D eigenvalue weighted by atomic mass is 9.65. The first-order valence-corrected chi connectivity index (χ1v) is 7.15. The maximum absolute atomic E-state index is 9.81. The van der Waals surface area contributed by atoms with Gasteiger partial charge in [0.25, 0.3) is 0 Å². The fourth-order valence-electron chi connectivity index (χ4n) is 3.30. The molecule has 1 saturated carbocycles. The summed E-state index contributed by atoms with van der Waals surface area (Å²) in [6.07, 6.45) is 4.87. The van der Waals surface area contributed by atoms with E-state index in [1.807, 2.05) is 17.8 Å². The van der Waals surface area contributed by atoms with Gasteiger partial charge in [-0.25, -0.2) is 0 Å². The molecule has 0 heterocycles. The first kappa shape index (κ1) is 11.4. The Kier molecular flexibility index (Phi) is 2.80. The molecule has 0 aromatic heterocycles. The van der Waals surface area contributed by atoms with Crippen LogP contribution < -0.4 is 0 Å². The standard InChI is InChI=1S/C15H18OS/c1-11-7-8-12-9-14(15(11,12)10-16)17-13-5-3-2-4-6-13/h2-6,9,11-12,16H,7-8,10H2,1H3/t11-,12+,15+/m1/s1. The van der Waals surface area contributed by atoms with Gasteiger partial charge in [-0.2, -0.15) is 0 Å². The molecule has 3 atom stereocenters. The number of allylic oxidation sites excluding steroid dienone is 1. The molecular formula is C15H18OS. The minimum Gasteiger partial charge on any atom is -0.395 e. The topological polar surface area (TPSA) is 20.2 Å². The maximum Gasteiger partial charge on any atom is 0.0541 e. The van der Waals surface area contributed by atoms with Crippen molar-refractivity contribution in [3.05, 3.63) is 41.3 Å². The largest absolute Gasteiger partial charge is 0.395 e. The minimum atomic E-state index is 0.0838. The van der Waals surface area contributed by atoms with Crippen molar-refractivity contribution in [2.45, 2.75) is 24.7 Å². The second kappa shape index (κ2) is 4.18. The van der Waals surface area contributed by atoms with E-state index in [9.17, 15) is 5.11 Å². The summed E-state index contributed by atoms with van der Waals surface area (Å²) in [5, 5.41) is 9.81. The molecule has 2 aliphatic rings. The van der Waals surface area contributed by atoms with E-state index in [0.29, 0.717) is 18.4 Å². The van der Waals surface area contributed by atoms with Crippen LogP contribution in [0.3, 0.4) is 0 Å². The molecule has 90 valence electrons. The van der Waals surface area contributed by atoms with Crippen LogP contribution in [0.25, 0.3) is 0 Å². The molecule has 1 fully saturated rings. The van der Waals surface area contributed by atoms with E-state index in [2.05, 4.69) is 37.3 Å². The second-order valence-corrected chi connectivity index (χ2v) is 6.34. The third kappa shape index (κ3) is 1.58. The highest BCUT2D eigenvalue weighted by Crippen LogP contribution is 2.63. The van der Waals surface area contributed by atoms with Crippen LogP contribution in [-0.2, 0) is 0 Å². The molecule has 0 unspecified atom stereocenters. The number of aliphatic hydroxyl groups is 1. The van der Waals surface area contributed by atoms with E-state index in [4.69, 9.17) is 0 Å². The van der Waals surface area contributed by atoms with Crippen LogP contribution in [0.4, 0.5) is 0 Å². The van der Waals surface area contributed by atoms with Crippen LogP contribution in [0.5, 0.6) is 0 Å². The molecule has 0 spiro atoms. The normalized spacial score (nSPS) is 35.1. The third-order valence-electron chi connectivity index (χ3n) is 4.50. The lowest BCUT2D eigenvalue weighted by Gasteiger charge is -2.46. The maximum atomic E-state index is 9.81. The predicted molar refractivity (Wildman–Crippen MR) is 71.8 cm³/mol. The number of aliphatic hydroxyl groups excluding tert-OH is 1. The van der Waals surface area contributed by atoms with Gasteiger partial charge in [-0.15, -0.1) is 0 Å². The Morgan fingerprint density at radius 2 is 2.06 bits per heavy atom. The summed E-state index contributed by atoms with van der Waals surface area (Å²) in [5.41, 5.74) is 0.0838. The van der Waals surface area contributed by atoms with Crippen LogP contribution in [0.15, 0.2) is 46.2 Å². The van der Waals surface area contributed by atoms with Crippen molar-refractivity contribution in [2.24, 2.45) is 17.3 Å². The van der Waals surface area contributed by atoms with Crippen LogP contribution in [0, 0.1) is 17.3 Å². The molecule has 0 aliphatic heterocycles. The second-order valence-electron chi connectivity index (χ2n) is 5.23. The van der Waals surface area contributed by atoms with Crippen LogP contribution in [0.1, 0.15) is 19.8 Å². The van der Waals surface area contributed by atoms with Crippen LogP contribution in [0.2, 0.25) is 0 Å². The number of fused-ring (bicyclic) bond motifs is 1. The summed E-state index contributed by atoms with van der Waals surface area (Å²) in [5.74, 6) is 1.24. The van der Waals surface area contributed by atoms with Crippen LogP contribution >= 0.6 is 11.8 Å². The Balaban J connectivity index is 1.84. The smallest absolute Gasteiger partial charge is 0.0541 e. The average Bonchev–Trinajstić information content (AvgIpc) is 2.59. The molecule has 1 aromatic rings. The first-order chi connectivity index (χ1) is 8.27. The van der Waals surface area contributed by atoms with Crippen molar-refractivity contribution in [2.75, 3.05) is 6.61 Å². The molecule has 0 radical (unpaired) electrons. The van der Waals surface area contributed by atoms with E-state index in [-0.39, 0.29) is 5.41 Å². The lowest BCUT2D eigenvalue weighted by Crippen LogP contribution is -2.41. The van der Waals surface area contributed by atoms with Gasteiger partial charge in [-0.1, -0.05) is 43.0 Å². The van der Waals surface area contributed by atoms with Crippen LogP contribution in [-0.4, -0.2) is 11.7 Å². The molecule has 2 heteroatoms. The molecule has 1 N–H and O–H groups in total. The third-order valence-corrected chi connectivity index (χ3v) is 5.74. The molecular weight excluding hydrogens is 228 g/mol. The Bertz CT molecular complexity index is 439. The van der Waals surface area contributed by atoms with Crippen molar-refractivity contribution in [3.63, 3.8) is 0 Å². The number of hydrogen-bond acceptors (Lipinski definition) is 2. The minimum absolute atomic E-state index is 0.0838. The van der Waals surface area contributed by atoms with E-state index in [0.717, 1.165) is 0 Å². The van der Waals surface area contributed by atoms with Gasteiger partial charge >= 0.3 is 0 Å². The Hall–Kier alpha value is -0.730. The highest BCUT2D eigenvalue weighted by molar-refractivity contribution is 8.03. The van der Waals surface area contributed by atoms with Gasteiger partial charge in [0.2, 0.25) is 0 Å². The highest BCUT2D eigenvalue weighted by atomic mass is 32.2. The van der Waals surface area contributed by atoms with Crippen molar-refractivity contribution in [1.29, 1.82) is 0 Å². The molecule has 1 nitrogen and oxygen atoms in total. The summed E-state index contributed by atoms with van der Waals surface area (Å²) in [4.78, 5) is 2.67. The first-order valence-electron chi connectivity index (χ1n) is 6.33. The Morgan fingerprint density at radius 3 is 2.71 bits per heavy atom. The van der Waals surface area contributed by atoms with Crippen molar-refractivity contribution in [1.82, 2.24) is 0 Å². The molecule has 0 amide bonds. The zero-order valence-electron chi connectivity index (χ0n) is 10.1. The molecule has 0 saturated heterocycles. The number of benzene rings is 1. The van der Waals surface area contributed by atoms with E-state index in [1.165, 1.54) is 22.6 Å². The summed E-state index contributed by atoms with van der Waals surface area (Å²) >= 11 is 1.84. The van der Waals surface area contributed by atoms with Gasteiger partial charge in [0, 0.05) is 10.3 Å². The quantitative estimate of drug-likeness (QED) is 0.877. The molecule has 17 heavy (non-hydrogen) atoms. The van der Waals surface area contributed by atoms with Gasteiger partial charge in [0.15, 0.2) is 0 Å². The van der Waals surface area contributed by atoms with E-state index in [1.54, 1.807) is 0 Å². The van der Waals surface area contributed by atoms with Gasteiger partial charge in [-0.3, -0.25) is 0 Å². The average molecular weight is 246 g/mol. The van der Waals surface area contributed by atoms with E-state index < -0.39 is 0 Å². The predicted octanol–water partition coefficient (Wildman–Crippen LogP) is 3.70. The Labute approximate surface area is 107 Å². The molecule has 0 bridgehead atoms. The monoisotopic (exact) mass is 246 g/mol. The van der Waals surface area contributed by atoms with Gasteiger partial charge in [0.1, 0.15) is 0 Å². The Morgan fingerprint density at radius 1 is 1.29 bits per heavy atom. The summed E-state index contributed by atoms with van der Waals surface area (Å²) in [6.45, 7) is 2.60.